The lowest BCUT2D eigenvalue weighted by atomic mass is 10.1. The average Bonchev–Trinajstić information content (AvgIpc) is 2.73. The van der Waals surface area contributed by atoms with Crippen molar-refractivity contribution in [1.82, 2.24) is 9.55 Å². The third-order valence-corrected chi connectivity index (χ3v) is 3.54. The Labute approximate surface area is 109 Å². The van der Waals surface area contributed by atoms with Gasteiger partial charge in [-0.1, -0.05) is 0 Å². The second-order valence-corrected chi connectivity index (χ2v) is 5.22. The van der Waals surface area contributed by atoms with Crippen molar-refractivity contribution >= 4 is 5.95 Å². The molecule has 102 valence electrons. The van der Waals surface area contributed by atoms with Crippen molar-refractivity contribution in [2.75, 3.05) is 31.7 Å². The summed E-state index contributed by atoms with van der Waals surface area (Å²) < 4.78 is 7.46. The zero-order valence-electron chi connectivity index (χ0n) is 11.6. The van der Waals surface area contributed by atoms with Crippen LogP contribution >= 0.6 is 0 Å². The zero-order chi connectivity index (χ0) is 13.1. The Morgan fingerprint density at radius 1 is 1.50 bits per heavy atom. The van der Waals surface area contributed by atoms with Gasteiger partial charge in [-0.2, -0.15) is 0 Å². The maximum atomic E-state index is 5.95. The summed E-state index contributed by atoms with van der Waals surface area (Å²) in [4.78, 5) is 6.99. The molecule has 0 amide bonds. The number of imidazole rings is 1. The Bertz CT molecular complexity index is 382. The number of hydrogen-bond donors (Lipinski definition) is 1. The molecule has 1 aromatic heterocycles. The first-order valence-electron chi connectivity index (χ1n) is 6.66. The minimum atomic E-state index is 0.307. The number of hydrogen-bond acceptors (Lipinski definition) is 4. The number of nitrogens with zero attached hydrogens (tertiary/aromatic N) is 3. The molecular formula is C13H24N4O. The van der Waals surface area contributed by atoms with Crippen molar-refractivity contribution in [3.63, 3.8) is 0 Å². The summed E-state index contributed by atoms with van der Waals surface area (Å²) in [5, 5.41) is 0. The molecule has 0 radical (unpaired) electrons. The Hall–Kier alpha value is -1.07. The Kier molecular flexibility index (Phi) is 4.24. The molecule has 0 aromatic carbocycles. The van der Waals surface area contributed by atoms with Crippen molar-refractivity contribution in [1.29, 1.82) is 0 Å². The van der Waals surface area contributed by atoms with Crippen molar-refractivity contribution in [3.8, 4) is 0 Å². The first-order valence-corrected chi connectivity index (χ1v) is 6.66. The SMILES string of the molecule is COCC(C)n1cc(C)nc1N1CCC(N)CC1. The fraction of sp³-hybridized carbons (Fsp3) is 0.769. The van der Waals surface area contributed by atoms with Gasteiger partial charge >= 0.3 is 0 Å². The highest BCUT2D eigenvalue weighted by Gasteiger charge is 2.22. The molecule has 5 heteroatoms. The third-order valence-electron chi connectivity index (χ3n) is 3.54. The van der Waals surface area contributed by atoms with Crippen LogP contribution in [0, 0.1) is 6.92 Å². The van der Waals surface area contributed by atoms with Gasteiger partial charge in [-0.25, -0.2) is 4.98 Å². The lowest BCUT2D eigenvalue weighted by Gasteiger charge is -2.32. The van der Waals surface area contributed by atoms with Gasteiger partial charge in [0.1, 0.15) is 0 Å². The Morgan fingerprint density at radius 2 is 2.17 bits per heavy atom. The molecule has 1 aliphatic heterocycles. The van der Waals surface area contributed by atoms with Crippen LogP contribution < -0.4 is 10.6 Å². The van der Waals surface area contributed by atoms with Gasteiger partial charge in [0.15, 0.2) is 0 Å². The molecule has 2 heterocycles. The van der Waals surface area contributed by atoms with Crippen molar-refractivity contribution in [2.45, 2.75) is 38.8 Å². The Morgan fingerprint density at radius 3 is 2.78 bits per heavy atom. The number of nitrogens with two attached hydrogens (primary N) is 1. The van der Waals surface area contributed by atoms with Gasteiger partial charge in [-0.3, -0.25) is 0 Å². The lowest BCUT2D eigenvalue weighted by Crippen LogP contribution is -2.41. The normalized spacial score (nSPS) is 19.2. The lowest BCUT2D eigenvalue weighted by molar-refractivity contribution is 0.162. The zero-order valence-corrected chi connectivity index (χ0v) is 11.6. The second kappa shape index (κ2) is 5.71. The molecule has 0 spiro atoms. The number of ether oxygens (including phenoxy) is 1. The second-order valence-electron chi connectivity index (χ2n) is 5.22. The maximum absolute atomic E-state index is 5.95. The van der Waals surface area contributed by atoms with E-state index < -0.39 is 0 Å². The van der Waals surface area contributed by atoms with E-state index in [1.807, 2.05) is 6.92 Å². The standard InChI is InChI=1S/C13H24N4O/c1-10-8-17(11(2)9-18-3)13(15-10)16-6-4-12(14)5-7-16/h8,11-12H,4-7,9,14H2,1-3H3. The van der Waals surface area contributed by atoms with Crippen molar-refractivity contribution in [2.24, 2.45) is 5.73 Å². The predicted molar refractivity (Wildman–Crippen MR) is 73.0 cm³/mol. The molecular weight excluding hydrogens is 228 g/mol. The van der Waals surface area contributed by atoms with Gasteiger partial charge in [-0.05, 0) is 26.7 Å². The highest BCUT2D eigenvalue weighted by Crippen LogP contribution is 2.23. The summed E-state index contributed by atoms with van der Waals surface area (Å²) in [6.45, 7) is 6.89. The molecule has 2 rings (SSSR count). The number of methoxy groups -OCH3 is 1. The number of piperidine rings is 1. The van der Waals surface area contributed by atoms with Gasteiger partial charge in [0, 0.05) is 32.4 Å². The summed E-state index contributed by atoms with van der Waals surface area (Å²) in [5.41, 5.74) is 7.01. The summed E-state index contributed by atoms with van der Waals surface area (Å²) in [5.74, 6) is 1.06. The third kappa shape index (κ3) is 2.84. The summed E-state index contributed by atoms with van der Waals surface area (Å²) >= 11 is 0. The molecule has 18 heavy (non-hydrogen) atoms. The maximum Gasteiger partial charge on any atom is 0.206 e. The molecule has 0 bridgehead atoms. The van der Waals surface area contributed by atoms with Crippen molar-refractivity contribution in [3.05, 3.63) is 11.9 Å². The summed E-state index contributed by atoms with van der Waals surface area (Å²) in [7, 11) is 1.74. The fourth-order valence-electron chi connectivity index (χ4n) is 2.48. The predicted octanol–water partition coefficient (Wildman–Crippen LogP) is 1.33. The molecule has 0 saturated carbocycles. The summed E-state index contributed by atoms with van der Waals surface area (Å²) in [6.07, 6.45) is 4.20. The van der Waals surface area contributed by atoms with E-state index in [0.717, 1.165) is 37.6 Å². The molecule has 1 fully saturated rings. The van der Waals surface area contributed by atoms with E-state index in [0.29, 0.717) is 18.7 Å². The van der Waals surface area contributed by atoms with Crippen LogP contribution in [0.25, 0.3) is 0 Å². The smallest absolute Gasteiger partial charge is 0.206 e. The van der Waals surface area contributed by atoms with E-state index in [4.69, 9.17) is 10.5 Å². The van der Waals surface area contributed by atoms with Crippen LogP contribution in [-0.4, -0.2) is 42.4 Å². The quantitative estimate of drug-likeness (QED) is 0.878. The number of anilines is 1. The van der Waals surface area contributed by atoms with E-state index in [-0.39, 0.29) is 0 Å². The monoisotopic (exact) mass is 252 g/mol. The van der Waals surface area contributed by atoms with E-state index in [9.17, 15) is 0 Å². The highest BCUT2D eigenvalue weighted by atomic mass is 16.5. The largest absolute Gasteiger partial charge is 0.383 e. The van der Waals surface area contributed by atoms with Crippen LogP contribution in [0.5, 0.6) is 0 Å². The number of aromatic nitrogens is 2. The number of aryl methyl sites for hydroxylation is 1. The summed E-state index contributed by atoms with van der Waals surface area (Å²) in [6, 6.07) is 0.656. The van der Waals surface area contributed by atoms with Crippen LogP contribution in [0.1, 0.15) is 31.5 Å². The van der Waals surface area contributed by atoms with E-state index in [2.05, 4.69) is 27.6 Å². The van der Waals surface area contributed by atoms with Crippen LogP contribution in [0.4, 0.5) is 5.95 Å². The highest BCUT2D eigenvalue weighted by molar-refractivity contribution is 5.34. The van der Waals surface area contributed by atoms with Crippen LogP contribution in [0.15, 0.2) is 6.20 Å². The molecule has 1 aliphatic rings. The molecule has 1 atom stereocenters. The molecule has 5 nitrogen and oxygen atoms in total. The molecule has 1 saturated heterocycles. The van der Waals surface area contributed by atoms with Gasteiger partial charge in [0.25, 0.3) is 0 Å². The van der Waals surface area contributed by atoms with Gasteiger partial charge in [0.2, 0.25) is 5.95 Å². The van der Waals surface area contributed by atoms with Gasteiger partial charge < -0.3 is 19.9 Å². The molecule has 1 aromatic rings. The van der Waals surface area contributed by atoms with E-state index in [1.54, 1.807) is 7.11 Å². The minimum Gasteiger partial charge on any atom is -0.383 e. The number of rotatable bonds is 4. The van der Waals surface area contributed by atoms with Crippen LogP contribution in [0.2, 0.25) is 0 Å². The molecule has 1 unspecified atom stereocenters. The topological polar surface area (TPSA) is 56.3 Å². The van der Waals surface area contributed by atoms with Gasteiger partial charge in [0.05, 0.1) is 18.3 Å². The van der Waals surface area contributed by atoms with Crippen LogP contribution in [0.3, 0.4) is 0 Å². The molecule has 2 N–H and O–H groups in total. The average molecular weight is 252 g/mol. The van der Waals surface area contributed by atoms with Gasteiger partial charge in [-0.15, -0.1) is 0 Å². The fourth-order valence-corrected chi connectivity index (χ4v) is 2.48. The first kappa shape index (κ1) is 13.4. The first-order chi connectivity index (χ1) is 8.61. The minimum absolute atomic E-state index is 0.307. The van der Waals surface area contributed by atoms with Crippen molar-refractivity contribution < 1.29 is 4.74 Å². The van der Waals surface area contributed by atoms with E-state index >= 15 is 0 Å². The van der Waals surface area contributed by atoms with Crippen LogP contribution in [-0.2, 0) is 4.74 Å². The molecule has 0 aliphatic carbocycles. The van der Waals surface area contributed by atoms with E-state index in [1.165, 1.54) is 0 Å². The Balaban J connectivity index is 2.16.